The number of nitrogens with zero attached hydrogens (tertiary/aromatic N) is 1. The first kappa shape index (κ1) is 26.0. The van der Waals surface area contributed by atoms with Gasteiger partial charge in [-0.05, 0) is 97.9 Å². The van der Waals surface area contributed by atoms with E-state index in [1.165, 1.54) is 71.0 Å². The molecule has 0 fully saturated rings. The lowest BCUT2D eigenvalue weighted by molar-refractivity contribution is 1.11. The molecule has 0 unspecified atom stereocenters. The lowest BCUT2D eigenvalue weighted by Crippen LogP contribution is -1.96. The first-order valence-electron chi connectivity index (χ1n) is 15.2. The summed E-state index contributed by atoms with van der Waals surface area (Å²) in [6.07, 6.45) is 6.28. The molecule has 0 aliphatic rings. The maximum atomic E-state index is 4.20. The van der Waals surface area contributed by atoms with Crippen LogP contribution in [0.5, 0.6) is 0 Å². The van der Waals surface area contributed by atoms with Gasteiger partial charge in [0, 0.05) is 16.6 Å². The van der Waals surface area contributed by atoms with Crippen LogP contribution in [0.3, 0.4) is 0 Å². The van der Waals surface area contributed by atoms with Gasteiger partial charge in [0.15, 0.2) is 0 Å². The van der Waals surface area contributed by atoms with Gasteiger partial charge in [-0.15, -0.1) is 0 Å². The fourth-order valence-electron chi connectivity index (χ4n) is 6.96. The standard InChI is InChI=1S/C43H31N/c1-3-14-39-41-28-30(24-26-43(41)44(42(39)4-2)31-15-6-5-7-16-31)33-18-9-8-17-32(33)29-23-25-38-36-21-11-10-19-34(36)35-20-12-13-22-37(35)40(38)27-29/h3-28H,2H2,1H3/b14-3-. The second-order valence-electron chi connectivity index (χ2n) is 11.3. The molecule has 0 amide bonds. The number of benzene rings is 7. The summed E-state index contributed by atoms with van der Waals surface area (Å²) < 4.78 is 2.31. The van der Waals surface area contributed by atoms with Crippen molar-refractivity contribution < 1.29 is 0 Å². The molecule has 0 saturated heterocycles. The predicted octanol–water partition coefficient (Wildman–Crippen LogP) is 12.1. The van der Waals surface area contributed by atoms with E-state index in [0.717, 1.165) is 11.4 Å². The molecule has 0 atom stereocenters. The molecule has 0 aliphatic carbocycles. The van der Waals surface area contributed by atoms with Crippen LogP contribution in [-0.4, -0.2) is 4.57 Å². The van der Waals surface area contributed by atoms with Crippen LogP contribution in [0, 0.1) is 0 Å². The smallest absolute Gasteiger partial charge is 0.0541 e. The van der Waals surface area contributed by atoms with E-state index >= 15 is 0 Å². The predicted molar refractivity (Wildman–Crippen MR) is 191 cm³/mol. The molecule has 0 aliphatic heterocycles. The molecule has 1 heterocycles. The first-order chi connectivity index (χ1) is 21.8. The van der Waals surface area contributed by atoms with Crippen molar-refractivity contribution in [2.75, 3.05) is 0 Å². The van der Waals surface area contributed by atoms with Crippen molar-refractivity contribution in [1.29, 1.82) is 0 Å². The molecule has 208 valence electrons. The maximum Gasteiger partial charge on any atom is 0.0541 e. The van der Waals surface area contributed by atoms with Crippen LogP contribution in [0.25, 0.3) is 83.3 Å². The van der Waals surface area contributed by atoms with E-state index in [0.29, 0.717) is 0 Å². The Bertz CT molecular complexity index is 2370. The van der Waals surface area contributed by atoms with Gasteiger partial charge in [0.1, 0.15) is 0 Å². The van der Waals surface area contributed by atoms with E-state index in [4.69, 9.17) is 0 Å². The average Bonchev–Trinajstić information content (AvgIpc) is 3.41. The molecule has 0 N–H and O–H groups in total. The van der Waals surface area contributed by atoms with Gasteiger partial charge in [0.2, 0.25) is 0 Å². The number of para-hydroxylation sites is 1. The molecular formula is C43H31N. The van der Waals surface area contributed by atoms with E-state index < -0.39 is 0 Å². The minimum absolute atomic E-state index is 1.10. The quantitative estimate of drug-likeness (QED) is 0.184. The van der Waals surface area contributed by atoms with Crippen molar-refractivity contribution in [1.82, 2.24) is 4.57 Å². The van der Waals surface area contributed by atoms with Gasteiger partial charge in [0.05, 0.1) is 11.2 Å². The van der Waals surface area contributed by atoms with Crippen LogP contribution in [0.1, 0.15) is 18.2 Å². The van der Waals surface area contributed by atoms with Crippen LogP contribution < -0.4 is 0 Å². The number of aromatic nitrogens is 1. The van der Waals surface area contributed by atoms with E-state index in [9.17, 15) is 0 Å². The molecule has 8 rings (SSSR count). The first-order valence-corrected chi connectivity index (χ1v) is 15.2. The highest BCUT2D eigenvalue weighted by Crippen LogP contribution is 2.41. The third kappa shape index (κ3) is 4.01. The lowest BCUT2D eigenvalue weighted by Gasteiger charge is -2.14. The number of hydrogen-bond donors (Lipinski definition) is 0. The molecule has 1 aromatic heterocycles. The highest BCUT2D eigenvalue weighted by Gasteiger charge is 2.17. The number of rotatable bonds is 5. The summed E-state index contributed by atoms with van der Waals surface area (Å²) in [6.45, 7) is 6.27. The van der Waals surface area contributed by atoms with E-state index in [2.05, 4.69) is 170 Å². The van der Waals surface area contributed by atoms with Gasteiger partial charge < -0.3 is 4.57 Å². The zero-order chi connectivity index (χ0) is 29.6. The van der Waals surface area contributed by atoms with E-state index in [1.807, 2.05) is 6.08 Å². The van der Waals surface area contributed by atoms with Crippen molar-refractivity contribution in [2.45, 2.75) is 6.92 Å². The van der Waals surface area contributed by atoms with Gasteiger partial charge in [-0.2, -0.15) is 0 Å². The van der Waals surface area contributed by atoms with Gasteiger partial charge in [-0.25, -0.2) is 0 Å². The summed E-state index contributed by atoms with van der Waals surface area (Å²) in [5, 5.41) is 8.97. The maximum absolute atomic E-state index is 4.20. The van der Waals surface area contributed by atoms with Crippen LogP contribution in [0.15, 0.2) is 152 Å². The highest BCUT2D eigenvalue weighted by molar-refractivity contribution is 6.25. The SMILES string of the molecule is C=Cc1c(/C=C\C)c2cc(-c3ccccc3-c3ccc4c5ccccc5c5ccccc5c4c3)ccc2n1-c1ccccc1. The average molecular weight is 562 g/mol. The monoisotopic (exact) mass is 561 g/mol. The second-order valence-corrected chi connectivity index (χ2v) is 11.3. The van der Waals surface area contributed by atoms with E-state index in [-0.39, 0.29) is 0 Å². The molecule has 7 aromatic carbocycles. The van der Waals surface area contributed by atoms with Crippen LogP contribution >= 0.6 is 0 Å². The Balaban J connectivity index is 1.35. The molecular weight excluding hydrogens is 530 g/mol. The molecule has 0 bridgehead atoms. The van der Waals surface area contributed by atoms with Crippen molar-refractivity contribution in [3.63, 3.8) is 0 Å². The summed E-state index contributed by atoms with van der Waals surface area (Å²) in [5.41, 5.74) is 9.45. The normalized spacial score (nSPS) is 11.8. The summed E-state index contributed by atoms with van der Waals surface area (Å²) in [7, 11) is 0. The molecule has 0 radical (unpaired) electrons. The van der Waals surface area contributed by atoms with Crippen molar-refractivity contribution in [2.24, 2.45) is 0 Å². The molecule has 44 heavy (non-hydrogen) atoms. The van der Waals surface area contributed by atoms with Crippen molar-refractivity contribution >= 4 is 55.4 Å². The molecule has 1 heteroatoms. The van der Waals surface area contributed by atoms with Crippen molar-refractivity contribution in [3.05, 3.63) is 163 Å². The van der Waals surface area contributed by atoms with Crippen LogP contribution in [0.4, 0.5) is 0 Å². The van der Waals surface area contributed by atoms with Gasteiger partial charge >= 0.3 is 0 Å². The zero-order valence-electron chi connectivity index (χ0n) is 24.7. The molecule has 8 aromatic rings. The second kappa shape index (κ2) is 10.6. The lowest BCUT2D eigenvalue weighted by atomic mass is 9.89. The Morgan fingerprint density at radius 2 is 1.00 bits per heavy atom. The fraction of sp³-hybridized carbons (Fsp3) is 0.0233. The largest absolute Gasteiger partial charge is 0.309 e. The Labute approximate surface area is 257 Å². The Morgan fingerprint density at radius 1 is 0.500 bits per heavy atom. The van der Waals surface area contributed by atoms with Gasteiger partial charge in [0.25, 0.3) is 0 Å². The summed E-state index contributed by atoms with van der Waals surface area (Å²) in [6, 6.07) is 50.7. The highest BCUT2D eigenvalue weighted by atomic mass is 15.0. The third-order valence-electron chi connectivity index (χ3n) is 8.88. The van der Waals surface area contributed by atoms with Crippen LogP contribution in [0.2, 0.25) is 0 Å². The minimum atomic E-state index is 1.10. The number of fused-ring (bicyclic) bond motifs is 7. The number of hydrogen-bond acceptors (Lipinski definition) is 0. The molecule has 0 saturated carbocycles. The van der Waals surface area contributed by atoms with Gasteiger partial charge in [-0.1, -0.05) is 128 Å². The van der Waals surface area contributed by atoms with E-state index in [1.54, 1.807) is 0 Å². The topological polar surface area (TPSA) is 4.93 Å². The van der Waals surface area contributed by atoms with Gasteiger partial charge in [-0.3, -0.25) is 0 Å². The summed E-state index contributed by atoms with van der Waals surface area (Å²) in [4.78, 5) is 0. The fourth-order valence-corrected chi connectivity index (χ4v) is 6.96. The zero-order valence-corrected chi connectivity index (χ0v) is 24.7. The number of allylic oxidation sites excluding steroid dienone is 1. The summed E-state index contributed by atoms with van der Waals surface area (Å²) in [5.74, 6) is 0. The van der Waals surface area contributed by atoms with Crippen molar-refractivity contribution in [3.8, 4) is 27.9 Å². The summed E-state index contributed by atoms with van der Waals surface area (Å²) >= 11 is 0. The van der Waals surface area contributed by atoms with Crippen LogP contribution in [-0.2, 0) is 0 Å². The molecule has 1 nitrogen and oxygen atoms in total. The Kier molecular flexibility index (Phi) is 6.24. The third-order valence-corrected chi connectivity index (χ3v) is 8.88. The minimum Gasteiger partial charge on any atom is -0.309 e. The molecule has 0 spiro atoms. The Hall–Kier alpha value is -5.66. The Morgan fingerprint density at radius 3 is 1.59 bits per heavy atom.